The van der Waals surface area contributed by atoms with Crippen LogP contribution in [0.2, 0.25) is 0 Å². The molecule has 0 aliphatic carbocycles. The minimum absolute atomic E-state index is 0.0240. The summed E-state index contributed by atoms with van der Waals surface area (Å²) in [4.78, 5) is 22.8. The van der Waals surface area contributed by atoms with E-state index in [1.807, 2.05) is 31.2 Å². The van der Waals surface area contributed by atoms with Crippen molar-refractivity contribution in [3.63, 3.8) is 0 Å². The number of benzene rings is 1. The lowest BCUT2D eigenvalue weighted by atomic mass is 10.2. The summed E-state index contributed by atoms with van der Waals surface area (Å²) in [5.41, 5.74) is 14.4. The van der Waals surface area contributed by atoms with E-state index in [0.29, 0.717) is 31.0 Å². The number of hydrogen-bond acceptors (Lipinski definition) is 5. The van der Waals surface area contributed by atoms with E-state index in [1.54, 1.807) is 11.8 Å². The van der Waals surface area contributed by atoms with Crippen molar-refractivity contribution in [2.75, 3.05) is 18.8 Å². The van der Waals surface area contributed by atoms with E-state index in [9.17, 15) is 4.79 Å². The van der Waals surface area contributed by atoms with Crippen LogP contribution in [0.25, 0.3) is 21.9 Å². The Morgan fingerprint density at radius 3 is 2.72 bits per heavy atom. The summed E-state index contributed by atoms with van der Waals surface area (Å²) < 4.78 is 2.13. The molecule has 0 saturated heterocycles. The maximum atomic E-state index is 11.8. The third kappa shape index (κ3) is 3.15. The summed E-state index contributed by atoms with van der Waals surface area (Å²) in [5.74, 6) is 1.24. The number of carbonyl (C=O) groups excluding carboxylic acids is 1. The molecule has 1 amide bonds. The number of nitrogen functional groups attached to an aromatic ring is 1. The number of carbonyl (C=O) groups is 1. The fraction of sp³-hybridized carbons (Fsp3) is 0.389. The predicted octanol–water partition coefficient (Wildman–Crippen LogP) is 1.88. The number of aryl methyl sites for hydroxylation is 1. The Labute approximate surface area is 146 Å². The Kier molecular flexibility index (Phi) is 4.85. The summed E-state index contributed by atoms with van der Waals surface area (Å²) in [6.07, 6.45) is 0.821. The first-order chi connectivity index (χ1) is 12.1. The van der Waals surface area contributed by atoms with Gasteiger partial charge in [0.1, 0.15) is 11.3 Å². The number of fused-ring (bicyclic) bond motifs is 3. The molecule has 0 atom stereocenters. The van der Waals surface area contributed by atoms with Gasteiger partial charge in [0.05, 0.1) is 17.6 Å². The van der Waals surface area contributed by atoms with Crippen molar-refractivity contribution >= 4 is 33.7 Å². The fourth-order valence-electron chi connectivity index (χ4n) is 3.13. The molecule has 7 heteroatoms. The normalized spacial score (nSPS) is 11.3. The maximum absolute atomic E-state index is 11.8. The molecular weight excluding hydrogens is 316 g/mol. The van der Waals surface area contributed by atoms with E-state index in [4.69, 9.17) is 16.5 Å². The van der Waals surface area contributed by atoms with Crippen molar-refractivity contribution < 1.29 is 4.79 Å². The SMILES string of the molecule is CCN(Cc1nc2c(N)nc3ccccc3c2n1CCCN)C(C)=O. The number of rotatable bonds is 6. The summed E-state index contributed by atoms with van der Waals surface area (Å²) in [7, 11) is 0. The number of anilines is 1. The van der Waals surface area contributed by atoms with E-state index in [2.05, 4.69) is 9.55 Å². The average molecular weight is 340 g/mol. The smallest absolute Gasteiger partial charge is 0.219 e. The third-order valence-electron chi connectivity index (χ3n) is 4.43. The first kappa shape index (κ1) is 17.2. The van der Waals surface area contributed by atoms with Crippen LogP contribution in [-0.4, -0.2) is 38.4 Å². The fourth-order valence-corrected chi connectivity index (χ4v) is 3.13. The first-order valence-electron chi connectivity index (χ1n) is 8.55. The van der Waals surface area contributed by atoms with Crippen LogP contribution >= 0.6 is 0 Å². The van der Waals surface area contributed by atoms with Gasteiger partial charge >= 0.3 is 0 Å². The molecule has 2 heterocycles. The van der Waals surface area contributed by atoms with Crippen LogP contribution in [0.5, 0.6) is 0 Å². The van der Waals surface area contributed by atoms with Crippen molar-refractivity contribution in [3.05, 3.63) is 30.1 Å². The average Bonchev–Trinajstić information content (AvgIpc) is 2.96. The number of hydrogen-bond donors (Lipinski definition) is 2. The van der Waals surface area contributed by atoms with Gasteiger partial charge in [0.25, 0.3) is 0 Å². The van der Waals surface area contributed by atoms with E-state index in [0.717, 1.165) is 35.2 Å². The number of para-hydroxylation sites is 1. The molecule has 0 radical (unpaired) electrons. The van der Waals surface area contributed by atoms with Gasteiger partial charge in [-0.15, -0.1) is 0 Å². The maximum Gasteiger partial charge on any atom is 0.219 e. The van der Waals surface area contributed by atoms with Crippen LogP contribution in [0.3, 0.4) is 0 Å². The second-order valence-corrected chi connectivity index (χ2v) is 6.07. The Bertz CT molecular complexity index is 917. The molecule has 7 nitrogen and oxygen atoms in total. The lowest BCUT2D eigenvalue weighted by molar-refractivity contribution is -0.129. The van der Waals surface area contributed by atoms with Gasteiger partial charge < -0.3 is 20.9 Å². The highest BCUT2D eigenvalue weighted by Gasteiger charge is 2.19. The molecule has 2 aromatic heterocycles. The minimum Gasteiger partial charge on any atom is -0.382 e. The zero-order valence-corrected chi connectivity index (χ0v) is 14.7. The molecule has 0 fully saturated rings. The highest BCUT2D eigenvalue weighted by atomic mass is 16.2. The number of aromatic nitrogens is 3. The second kappa shape index (κ2) is 7.06. The molecule has 0 aliphatic rings. The molecule has 0 saturated carbocycles. The Morgan fingerprint density at radius 1 is 1.28 bits per heavy atom. The van der Waals surface area contributed by atoms with Gasteiger partial charge in [-0.2, -0.15) is 0 Å². The highest BCUT2D eigenvalue weighted by Crippen LogP contribution is 2.29. The van der Waals surface area contributed by atoms with Gasteiger partial charge in [0, 0.05) is 25.4 Å². The van der Waals surface area contributed by atoms with Crippen LogP contribution < -0.4 is 11.5 Å². The quantitative estimate of drug-likeness (QED) is 0.713. The summed E-state index contributed by atoms with van der Waals surface area (Å²) in [6, 6.07) is 7.89. The van der Waals surface area contributed by atoms with Gasteiger partial charge in [-0.3, -0.25) is 4.79 Å². The monoisotopic (exact) mass is 340 g/mol. The van der Waals surface area contributed by atoms with Crippen LogP contribution in [0, 0.1) is 0 Å². The molecule has 0 bridgehead atoms. The molecule has 1 aromatic carbocycles. The molecule has 0 spiro atoms. The third-order valence-corrected chi connectivity index (χ3v) is 4.43. The highest BCUT2D eigenvalue weighted by molar-refractivity contribution is 6.06. The number of pyridine rings is 1. The molecule has 25 heavy (non-hydrogen) atoms. The second-order valence-electron chi connectivity index (χ2n) is 6.07. The standard InChI is InChI=1S/C18H24N6O/c1-3-23(12(2)25)11-15-22-16-17(24(15)10-6-9-19)13-7-4-5-8-14(13)21-18(16)20/h4-5,7-8H,3,6,9-11,19H2,1-2H3,(H2,20,21). The van der Waals surface area contributed by atoms with Gasteiger partial charge in [-0.25, -0.2) is 9.97 Å². The van der Waals surface area contributed by atoms with Gasteiger partial charge in [0.15, 0.2) is 5.82 Å². The van der Waals surface area contributed by atoms with Crippen molar-refractivity contribution in [3.8, 4) is 0 Å². The van der Waals surface area contributed by atoms with Crippen molar-refractivity contribution in [2.45, 2.75) is 33.4 Å². The minimum atomic E-state index is 0.0240. The zero-order valence-electron chi connectivity index (χ0n) is 14.7. The topological polar surface area (TPSA) is 103 Å². The van der Waals surface area contributed by atoms with Crippen molar-refractivity contribution in [1.82, 2.24) is 19.4 Å². The molecule has 0 unspecified atom stereocenters. The van der Waals surface area contributed by atoms with E-state index < -0.39 is 0 Å². The Balaban J connectivity index is 2.24. The van der Waals surface area contributed by atoms with Crippen LogP contribution in [-0.2, 0) is 17.9 Å². The predicted molar refractivity (Wildman–Crippen MR) is 99.9 cm³/mol. The van der Waals surface area contributed by atoms with Crippen LogP contribution in [0.4, 0.5) is 5.82 Å². The summed E-state index contributed by atoms with van der Waals surface area (Å²) in [5, 5.41) is 1.01. The molecular formula is C18H24N6O. The molecule has 3 rings (SSSR count). The largest absolute Gasteiger partial charge is 0.382 e. The lowest BCUT2D eigenvalue weighted by Gasteiger charge is -2.19. The van der Waals surface area contributed by atoms with Gasteiger partial charge in [-0.1, -0.05) is 18.2 Å². The molecule has 132 valence electrons. The molecule has 4 N–H and O–H groups in total. The van der Waals surface area contributed by atoms with Gasteiger partial charge in [0.2, 0.25) is 5.91 Å². The Hall–Kier alpha value is -2.67. The summed E-state index contributed by atoms with van der Waals surface area (Å²) >= 11 is 0. The zero-order chi connectivity index (χ0) is 18.0. The van der Waals surface area contributed by atoms with Crippen LogP contribution in [0.15, 0.2) is 24.3 Å². The lowest BCUT2D eigenvalue weighted by Crippen LogP contribution is -2.29. The van der Waals surface area contributed by atoms with E-state index in [1.165, 1.54) is 0 Å². The first-order valence-corrected chi connectivity index (χ1v) is 8.55. The Morgan fingerprint density at radius 2 is 2.04 bits per heavy atom. The van der Waals surface area contributed by atoms with E-state index in [-0.39, 0.29) is 5.91 Å². The number of amides is 1. The number of nitrogens with zero attached hydrogens (tertiary/aromatic N) is 4. The molecule has 0 aliphatic heterocycles. The van der Waals surface area contributed by atoms with Gasteiger partial charge in [-0.05, 0) is 26.0 Å². The van der Waals surface area contributed by atoms with Crippen molar-refractivity contribution in [1.29, 1.82) is 0 Å². The molecule has 3 aromatic rings. The van der Waals surface area contributed by atoms with Crippen LogP contribution in [0.1, 0.15) is 26.1 Å². The number of nitrogens with two attached hydrogens (primary N) is 2. The van der Waals surface area contributed by atoms with E-state index >= 15 is 0 Å². The van der Waals surface area contributed by atoms with Crippen molar-refractivity contribution in [2.24, 2.45) is 5.73 Å². The number of imidazole rings is 1. The summed E-state index contributed by atoms with van der Waals surface area (Å²) in [6.45, 7) is 5.91.